The Hall–Kier alpha value is -1.52. The van der Waals surface area contributed by atoms with Crippen molar-refractivity contribution in [2.75, 3.05) is 46.6 Å². The lowest BCUT2D eigenvalue weighted by Gasteiger charge is -2.26. The fraction of sp³-hybridized carbons (Fsp3) is 0.556. The van der Waals surface area contributed by atoms with E-state index in [-0.39, 0.29) is 0 Å². The highest BCUT2D eigenvalue weighted by Gasteiger charge is 2.09. The van der Waals surface area contributed by atoms with Gasteiger partial charge in [-0.25, -0.2) is 0 Å². The van der Waals surface area contributed by atoms with Crippen molar-refractivity contribution in [3.8, 4) is 11.5 Å². The van der Waals surface area contributed by atoms with Crippen LogP contribution in [-0.2, 0) is 11.2 Å². The largest absolute Gasteiger partial charge is 0.497 e. The minimum absolute atomic E-state index is 0.751. The highest BCUT2D eigenvalue weighted by atomic mass is 16.5. The number of morpholine rings is 1. The average Bonchev–Trinajstić information content (AvgIpc) is 2.57. The molecule has 1 heterocycles. The second-order valence-electron chi connectivity index (χ2n) is 5.48. The molecule has 0 spiro atoms. The number of hydrogen-bond acceptors (Lipinski definition) is 4. The van der Waals surface area contributed by atoms with Crippen LogP contribution in [0.5, 0.6) is 11.5 Å². The third-order valence-corrected chi connectivity index (χ3v) is 3.86. The highest BCUT2D eigenvalue weighted by Crippen LogP contribution is 2.25. The van der Waals surface area contributed by atoms with Gasteiger partial charge in [0, 0.05) is 18.7 Å². The van der Waals surface area contributed by atoms with E-state index in [1.807, 2.05) is 24.3 Å². The van der Waals surface area contributed by atoms with Gasteiger partial charge >= 0.3 is 0 Å². The number of allylic oxidation sites excluding steroid dienone is 1. The topological polar surface area (TPSA) is 30.9 Å². The fourth-order valence-electron chi connectivity index (χ4n) is 2.58. The van der Waals surface area contributed by atoms with Crippen LogP contribution in [0.3, 0.4) is 0 Å². The summed E-state index contributed by atoms with van der Waals surface area (Å²) in [7, 11) is 1.68. The Morgan fingerprint density at radius 3 is 2.82 bits per heavy atom. The Morgan fingerprint density at radius 2 is 2.09 bits per heavy atom. The van der Waals surface area contributed by atoms with Crippen LogP contribution in [0.1, 0.15) is 18.4 Å². The van der Waals surface area contributed by atoms with Crippen LogP contribution in [0.4, 0.5) is 0 Å². The van der Waals surface area contributed by atoms with Crippen molar-refractivity contribution in [3.05, 3.63) is 36.4 Å². The highest BCUT2D eigenvalue weighted by molar-refractivity contribution is 5.41. The molecule has 122 valence electrons. The Labute approximate surface area is 133 Å². The first-order valence-electron chi connectivity index (χ1n) is 8.04. The summed E-state index contributed by atoms with van der Waals surface area (Å²) in [6.45, 7) is 9.54. The van der Waals surface area contributed by atoms with Crippen molar-refractivity contribution in [2.24, 2.45) is 0 Å². The molecule has 0 amide bonds. The molecular weight excluding hydrogens is 278 g/mol. The summed E-state index contributed by atoms with van der Waals surface area (Å²) in [5.41, 5.74) is 1.13. The minimum Gasteiger partial charge on any atom is -0.497 e. The Balaban J connectivity index is 1.72. The molecule has 1 aliphatic rings. The maximum Gasteiger partial charge on any atom is 0.123 e. The predicted molar refractivity (Wildman–Crippen MR) is 88.9 cm³/mol. The smallest absolute Gasteiger partial charge is 0.123 e. The van der Waals surface area contributed by atoms with E-state index in [4.69, 9.17) is 14.2 Å². The van der Waals surface area contributed by atoms with Gasteiger partial charge in [0.2, 0.25) is 0 Å². The second kappa shape index (κ2) is 9.49. The Kier molecular flexibility index (Phi) is 7.26. The second-order valence-corrected chi connectivity index (χ2v) is 5.48. The molecule has 1 fully saturated rings. The van der Waals surface area contributed by atoms with E-state index in [0.717, 1.165) is 75.8 Å². The van der Waals surface area contributed by atoms with E-state index in [0.29, 0.717) is 0 Å². The quantitative estimate of drug-likeness (QED) is 0.518. The lowest BCUT2D eigenvalue weighted by molar-refractivity contribution is 0.0368. The summed E-state index contributed by atoms with van der Waals surface area (Å²) in [5, 5.41) is 0. The van der Waals surface area contributed by atoms with E-state index in [9.17, 15) is 0 Å². The molecule has 0 aromatic heterocycles. The zero-order chi connectivity index (χ0) is 15.6. The van der Waals surface area contributed by atoms with Crippen LogP contribution in [0, 0.1) is 0 Å². The molecule has 4 heteroatoms. The molecule has 0 saturated carbocycles. The van der Waals surface area contributed by atoms with Gasteiger partial charge in [0.1, 0.15) is 11.5 Å². The standard InChI is InChI=1S/C18H27NO3/c1-3-6-16-15-17(20-2)7-8-18(16)22-12-5-4-9-19-10-13-21-14-11-19/h3,7-8,15H,1,4-6,9-14H2,2H3. The molecule has 0 N–H and O–H groups in total. The molecule has 4 nitrogen and oxygen atoms in total. The van der Waals surface area contributed by atoms with Crippen molar-refractivity contribution in [1.82, 2.24) is 4.90 Å². The lowest BCUT2D eigenvalue weighted by atomic mass is 10.1. The number of hydrogen-bond donors (Lipinski definition) is 0. The van der Waals surface area contributed by atoms with Crippen LogP contribution in [0.15, 0.2) is 30.9 Å². The first kappa shape index (κ1) is 16.8. The predicted octanol–water partition coefficient (Wildman–Crippen LogP) is 2.91. The number of nitrogens with zero attached hydrogens (tertiary/aromatic N) is 1. The maximum atomic E-state index is 5.93. The van der Waals surface area contributed by atoms with Gasteiger partial charge in [0.15, 0.2) is 0 Å². The zero-order valence-electron chi connectivity index (χ0n) is 13.6. The third kappa shape index (κ3) is 5.35. The van der Waals surface area contributed by atoms with Gasteiger partial charge < -0.3 is 14.2 Å². The van der Waals surface area contributed by atoms with E-state index in [1.54, 1.807) is 7.11 Å². The average molecular weight is 305 g/mol. The molecule has 0 radical (unpaired) electrons. The van der Waals surface area contributed by atoms with Gasteiger partial charge in [-0.2, -0.15) is 0 Å². The van der Waals surface area contributed by atoms with Crippen molar-refractivity contribution >= 4 is 0 Å². The normalized spacial score (nSPS) is 15.5. The monoisotopic (exact) mass is 305 g/mol. The van der Waals surface area contributed by atoms with Crippen LogP contribution >= 0.6 is 0 Å². The van der Waals surface area contributed by atoms with E-state index in [2.05, 4.69) is 11.5 Å². The molecule has 0 bridgehead atoms. The third-order valence-electron chi connectivity index (χ3n) is 3.86. The van der Waals surface area contributed by atoms with Gasteiger partial charge in [0.25, 0.3) is 0 Å². The van der Waals surface area contributed by atoms with Gasteiger partial charge in [0.05, 0.1) is 26.9 Å². The maximum absolute atomic E-state index is 5.93. The summed E-state index contributed by atoms with van der Waals surface area (Å²) in [6, 6.07) is 5.94. The molecule has 1 aromatic rings. The molecule has 0 unspecified atom stereocenters. The number of ether oxygens (including phenoxy) is 3. The number of rotatable bonds is 9. The van der Waals surface area contributed by atoms with Crippen LogP contribution in [-0.4, -0.2) is 51.5 Å². The molecule has 2 rings (SSSR count). The number of benzene rings is 1. The lowest BCUT2D eigenvalue weighted by Crippen LogP contribution is -2.36. The van der Waals surface area contributed by atoms with Crippen molar-refractivity contribution in [2.45, 2.75) is 19.3 Å². The molecule has 1 aliphatic heterocycles. The van der Waals surface area contributed by atoms with Crippen molar-refractivity contribution in [1.29, 1.82) is 0 Å². The fourth-order valence-corrected chi connectivity index (χ4v) is 2.58. The number of unbranched alkanes of at least 4 members (excludes halogenated alkanes) is 1. The van der Waals surface area contributed by atoms with Gasteiger partial charge in [-0.05, 0) is 44.0 Å². The summed E-state index contributed by atoms with van der Waals surface area (Å²) in [4.78, 5) is 2.46. The van der Waals surface area contributed by atoms with E-state index >= 15 is 0 Å². The van der Waals surface area contributed by atoms with Gasteiger partial charge in [-0.1, -0.05) is 6.08 Å². The minimum atomic E-state index is 0.751. The first-order chi connectivity index (χ1) is 10.8. The number of methoxy groups -OCH3 is 1. The van der Waals surface area contributed by atoms with Crippen LogP contribution in [0.25, 0.3) is 0 Å². The van der Waals surface area contributed by atoms with E-state index < -0.39 is 0 Å². The molecule has 22 heavy (non-hydrogen) atoms. The van der Waals surface area contributed by atoms with Crippen molar-refractivity contribution in [3.63, 3.8) is 0 Å². The Morgan fingerprint density at radius 1 is 1.27 bits per heavy atom. The summed E-state index contributed by atoms with van der Waals surface area (Å²) in [5.74, 6) is 1.79. The first-order valence-corrected chi connectivity index (χ1v) is 8.04. The summed E-state index contributed by atoms with van der Waals surface area (Å²) in [6.07, 6.45) is 4.91. The summed E-state index contributed by atoms with van der Waals surface area (Å²) >= 11 is 0. The molecule has 0 atom stereocenters. The molecular formula is C18H27NO3. The van der Waals surface area contributed by atoms with Gasteiger partial charge in [-0.3, -0.25) is 4.90 Å². The molecule has 1 saturated heterocycles. The van der Waals surface area contributed by atoms with Gasteiger partial charge in [-0.15, -0.1) is 6.58 Å². The van der Waals surface area contributed by atoms with E-state index in [1.165, 1.54) is 0 Å². The van der Waals surface area contributed by atoms with Crippen LogP contribution < -0.4 is 9.47 Å². The van der Waals surface area contributed by atoms with Crippen LogP contribution in [0.2, 0.25) is 0 Å². The summed E-state index contributed by atoms with van der Waals surface area (Å²) < 4.78 is 16.5. The van der Waals surface area contributed by atoms with Crippen molar-refractivity contribution < 1.29 is 14.2 Å². The SMILES string of the molecule is C=CCc1cc(OC)ccc1OCCCCN1CCOCC1. The molecule has 0 aliphatic carbocycles. The molecule has 1 aromatic carbocycles. The zero-order valence-corrected chi connectivity index (χ0v) is 13.6. The Bertz CT molecular complexity index is 456.